The number of para-hydroxylation sites is 1. The highest BCUT2D eigenvalue weighted by molar-refractivity contribution is 6.32. The summed E-state index contributed by atoms with van der Waals surface area (Å²) in [7, 11) is 1.56. The first-order valence-electron chi connectivity index (χ1n) is 6.90. The van der Waals surface area contributed by atoms with Crippen molar-refractivity contribution in [1.82, 2.24) is 0 Å². The van der Waals surface area contributed by atoms with Crippen LogP contribution in [0.1, 0.15) is 30.6 Å². The molecule has 4 heteroatoms. The predicted octanol–water partition coefficient (Wildman–Crippen LogP) is 4.22. The quantitative estimate of drug-likeness (QED) is 0.868. The fourth-order valence-electron chi connectivity index (χ4n) is 2.08. The van der Waals surface area contributed by atoms with Gasteiger partial charge in [0.1, 0.15) is 17.6 Å². The molecule has 3 nitrogen and oxygen atoms in total. The number of methoxy groups -OCH3 is 1. The van der Waals surface area contributed by atoms with Gasteiger partial charge >= 0.3 is 0 Å². The first-order valence-corrected chi connectivity index (χ1v) is 7.28. The van der Waals surface area contributed by atoms with Gasteiger partial charge < -0.3 is 14.6 Å². The molecular weight excluding hydrogens is 288 g/mol. The van der Waals surface area contributed by atoms with Crippen molar-refractivity contribution < 1.29 is 14.6 Å². The van der Waals surface area contributed by atoms with Crippen LogP contribution in [0.25, 0.3) is 0 Å². The molecule has 0 spiro atoms. The number of aliphatic hydroxyl groups excluding tert-OH is 1. The highest BCUT2D eigenvalue weighted by Gasteiger charge is 2.16. The second-order valence-electron chi connectivity index (χ2n) is 4.68. The minimum absolute atomic E-state index is 0.473. The van der Waals surface area contributed by atoms with Crippen LogP contribution in [0.2, 0.25) is 5.02 Å². The molecule has 0 aliphatic carbocycles. The summed E-state index contributed by atoms with van der Waals surface area (Å²) < 4.78 is 10.8. The normalized spacial score (nSPS) is 12.0. The predicted molar refractivity (Wildman–Crippen MR) is 84.3 cm³/mol. The van der Waals surface area contributed by atoms with E-state index < -0.39 is 6.10 Å². The Labute approximate surface area is 130 Å². The Morgan fingerprint density at radius 2 is 1.90 bits per heavy atom. The Balaban J connectivity index is 2.31. The number of aliphatic hydroxyl groups is 1. The summed E-state index contributed by atoms with van der Waals surface area (Å²) >= 11 is 6.12. The van der Waals surface area contributed by atoms with Gasteiger partial charge in [0.2, 0.25) is 0 Å². The largest absolute Gasteiger partial charge is 0.495 e. The zero-order valence-electron chi connectivity index (χ0n) is 12.2. The van der Waals surface area contributed by atoms with Crippen molar-refractivity contribution in [2.24, 2.45) is 0 Å². The molecule has 0 saturated carbocycles. The Bertz CT molecular complexity index is 598. The van der Waals surface area contributed by atoms with Gasteiger partial charge in [0.05, 0.1) is 18.7 Å². The van der Waals surface area contributed by atoms with Crippen LogP contribution >= 0.6 is 11.6 Å². The van der Waals surface area contributed by atoms with Crippen LogP contribution in [0.15, 0.2) is 42.5 Å². The van der Waals surface area contributed by atoms with Crippen molar-refractivity contribution >= 4 is 11.6 Å². The summed E-state index contributed by atoms with van der Waals surface area (Å²) in [6.07, 6.45) is 0.125. The molecule has 0 aliphatic rings. The Kier molecular flexibility index (Phi) is 5.48. The first-order chi connectivity index (χ1) is 10.2. The monoisotopic (exact) mass is 306 g/mol. The smallest absolute Gasteiger partial charge is 0.137 e. The van der Waals surface area contributed by atoms with Crippen LogP contribution in [0.3, 0.4) is 0 Å². The van der Waals surface area contributed by atoms with Crippen LogP contribution in [0.4, 0.5) is 0 Å². The molecule has 1 N–H and O–H groups in total. The van der Waals surface area contributed by atoms with E-state index >= 15 is 0 Å². The van der Waals surface area contributed by atoms with Gasteiger partial charge in [0, 0.05) is 5.56 Å². The molecule has 0 fully saturated rings. The van der Waals surface area contributed by atoms with E-state index in [1.165, 1.54) is 0 Å². The molecule has 112 valence electrons. The number of hydrogen-bond acceptors (Lipinski definition) is 3. The maximum atomic E-state index is 10.6. The molecule has 0 amide bonds. The van der Waals surface area contributed by atoms with Gasteiger partial charge in [0.25, 0.3) is 0 Å². The van der Waals surface area contributed by atoms with E-state index in [0.717, 1.165) is 12.0 Å². The zero-order chi connectivity index (χ0) is 15.2. The lowest BCUT2D eigenvalue weighted by Crippen LogP contribution is -2.05. The summed E-state index contributed by atoms with van der Waals surface area (Å²) in [5, 5.41) is 11.1. The molecular formula is C17H19ClO3. The van der Waals surface area contributed by atoms with Gasteiger partial charge in [-0.2, -0.15) is 0 Å². The number of halogens is 1. The van der Waals surface area contributed by atoms with Crippen molar-refractivity contribution in [2.75, 3.05) is 13.7 Å². The Morgan fingerprint density at radius 3 is 2.57 bits per heavy atom. The van der Waals surface area contributed by atoms with Gasteiger partial charge in [-0.1, -0.05) is 42.8 Å². The zero-order valence-corrected chi connectivity index (χ0v) is 12.9. The maximum Gasteiger partial charge on any atom is 0.137 e. The molecule has 2 rings (SSSR count). The minimum Gasteiger partial charge on any atom is -0.495 e. The van der Waals surface area contributed by atoms with Crippen LogP contribution in [-0.4, -0.2) is 18.8 Å². The third-order valence-electron chi connectivity index (χ3n) is 3.17. The standard InChI is InChI=1S/C17H19ClO3/c1-3-10-21-15-7-5-4-6-13(15)17(19)12-8-9-16(20-2)14(18)11-12/h4-9,11,17,19H,3,10H2,1-2H3. The molecule has 0 bridgehead atoms. The molecule has 2 aromatic carbocycles. The lowest BCUT2D eigenvalue weighted by Gasteiger charge is -2.17. The molecule has 21 heavy (non-hydrogen) atoms. The van der Waals surface area contributed by atoms with E-state index in [9.17, 15) is 5.11 Å². The van der Waals surface area contributed by atoms with Crippen LogP contribution < -0.4 is 9.47 Å². The lowest BCUT2D eigenvalue weighted by atomic mass is 10.0. The number of benzene rings is 2. The summed E-state index contributed by atoms with van der Waals surface area (Å²) in [6.45, 7) is 2.66. The second kappa shape index (κ2) is 7.34. The van der Waals surface area contributed by atoms with E-state index in [-0.39, 0.29) is 0 Å². The van der Waals surface area contributed by atoms with Crippen molar-refractivity contribution in [3.63, 3.8) is 0 Å². The van der Waals surface area contributed by atoms with Crippen LogP contribution in [0, 0.1) is 0 Å². The van der Waals surface area contributed by atoms with E-state index in [2.05, 4.69) is 0 Å². The van der Waals surface area contributed by atoms with Crippen LogP contribution in [0.5, 0.6) is 11.5 Å². The number of ether oxygens (including phenoxy) is 2. The highest BCUT2D eigenvalue weighted by Crippen LogP contribution is 2.33. The summed E-state index contributed by atoms with van der Waals surface area (Å²) in [5.41, 5.74) is 1.43. The average Bonchev–Trinajstić information content (AvgIpc) is 2.52. The molecule has 0 heterocycles. The first kappa shape index (κ1) is 15.7. The third kappa shape index (κ3) is 3.69. The number of hydrogen-bond donors (Lipinski definition) is 1. The molecule has 2 aromatic rings. The van der Waals surface area contributed by atoms with E-state index in [1.807, 2.05) is 31.2 Å². The third-order valence-corrected chi connectivity index (χ3v) is 3.46. The lowest BCUT2D eigenvalue weighted by molar-refractivity contribution is 0.210. The van der Waals surface area contributed by atoms with Gasteiger partial charge in [-0.25, -0.2) is 0 Å². The molecule has 0 aromatic heterocycles. The molecule has 1 atom stereocenters. The SMILES string of the molecule is CCCOc1ccccc1C(O)c1ccc(OC)c(Cl)c1. The van der Waals surface area contributed by atoms with Crippen molar-refractivity contribution in [1.29, 1.82) is 0 Å². The van der Waals surface area contributed by atoms with E-state index in [1.54, 1.807) is 25.3 Å². The maximum absolute atomic E-state index is 10.6. The van der Waals surface area contributed by atoms with Crippen LogP contribution in [-0.2, 0) is 0 Å². The Morgan fingerprint density at radius 1 is 1.14 bits per heavy atom. The van der Waals surface area contributed by atoms with Gasteiger partial charge in [-0.3, -0.25) is 0 Å². The fourth-order valence-corrected chi connectivity index (χ4v) is 2.35. The van der Waals surface area contributed by atoms with Gasteiger partial charge in [0.15, 0.2) is 0 Å². The highest BCUT2D eigenvalue weighted by atomic mass is 35.5. The summed E-state index contributed by atoms with van der Waals surface area (Å²) in [4.78, 5) is 0. The Hall–Kier alpha value is -1.71. The topological polar surface area (TPSA) is 38.7 Å². The summed E-state index contributed by atoms with van der Waals surface area (Å²) in [5.74, 6) is 1.28. The average molecular weight is 307 g/mol. The van der Waals surface area contributed by atoms with E-state index in [4.69, 9.17) is 21.1 Å². The van der Waals surface area contributed by atoms with Gasteiger partial charge in [-0.15, -0.1) is 0 Å². The molecule has 0 aliphatic heterocycles. The van der Waals surface area contributed by atoms with Crippen molar-refractivity contribution in [3.05, 3.63) is 58.6 Å². The minimum atomic E-state index is -0.790. The second-order valence-corrected chi connectivity index (χ2v) is 5.09. The van der Waals surface area contributed by atoms with E-state index in [0.29, 0.717) is 28.7 Å². The van der Waals surface area contributed by atoms with Crippen molar-refractivity contribution in [3.8, 4) is 11.5 Å². The fraction of sp³-hybridized carbons (Fsp3) is 0.294. The van der Waals surface area contributed by atoms with Gasteiger partial charge in [-0.05, 0) is 30.2 Å². The number of rotatable bonds is 6. The molecule has 0 radical (unpaired) electrons. The van der Waals surface area contributed by atoms with Crippen molar-refractivity contribution in [2.45, 2.75) is 19.4 Å². The molecule has 0 saturated heterocycles. The molecule has 1 unspecified atom stereocenters. The summed E-state index contributed by atoms with van der Waals surface area (Å²) in [6, 6.07) is 12.7.